The molecule has 0 radical (unpaired) electrons. The molecule has 0 heterocycles. The third kappa shape index (κ3) is 3.87. The predicted molar refractivity (Wildman–Crippen MR) is 51.4 cm³/mol. The van der Waals surface area contributed by atoms with E-state index >= 15 is 0 Å². The molecule has 6 nitrogen and oxygen atoms in total. The van der Waals surface area contributed by atoms with Crippen molar-refractivity contribution in [2.45, 2.75) is 18.7 Å². The zero-order chi connectivity index (χ0) is 11.2. The summed E-state index contributed by atoms with van der Waals surface area (Å²) in [5.41, 5.74) is 4.45. The Kier molecular flexibility index (Phi) is 6.17. The van der Waals surface area contributed by atoms with Gasteiger partial charge in [-0.05, 0) is 6.92 Å². The van der Waals surface area contributed by atoms with E-state index in [0.29, 0.717) is 0 Å². The minimum absolute atomic E-state index is 0.140. The van der Waals surface area contributed by atoms with Gasteiger partial charge < -0.3 is 26.2 Å². The van der Waals surface area contributed by atoms with E-state index in [-0.39, 0.29) is 32.9 Å². The molecule has 0 bridgehead atoms. The van der Waals surface area contributed by atoms with Crippen molar-refractivity contribution < 1.29 is 20.4 Å². The van der Waals surface area contributed by atoms with Crippen LogP contribution in [-0.2, 0) is 0 Å². The number of aliphatic hydroxyl groups is 4. The Morgan fingerprint density at radius 3 is 1.93 bits per heavy atom. The average Bonchev–Trinajstić information content (AvgIpc) is 2.16. The van der Waals surface area contributed by atoms with Gasteiger partial charge in [-0.25, -0.2) is 0 Å². The quantitative estimate of drug-likeness (QED) is 0.291. The number of nitrogens with two attached hydrogens (primary N) is 1. The fourth-order valence-electron chi connectivity index (χ4n) is 1.11. The van der Waals surface area contributed by atoms with Gasteiger partial charge in [0.1, 0.15) is 6.23 Å². The summed E-state index contributed by atoms with van der Waals surface area (Å²) in [4.78, 5) is 1.41. The van der Waals surface area contributed by atoms with E-state index in [1.165, 1.54) is 11.8 Å². The van der Waals surface area contributed by atoms with Crippen molar-refractivity contribution >= 4 is 0 Å². The highest BCUT2D eigenvalue weighted by Crippen LogP contribution is 2.09. The second-order valence-corrected chi connectivity index (χ2v) is 3.52. The van der Waals surface area contributed by atoms with Crippen LogP contribution in [0.4, 0.5) is 0 Å². The Morgan fingerprint density at radius 2 is 1.64 bits per heavy atom. The molecule has 0 rings (SSSR count). The molecule has 0 aliphatic carbocycles. The Morgan fingerprint density at radius 1 is 1.21 bits per heavy atom. The van der Waals surface area contributed by atoms with E-state index in [4.69, 9.17) is 21.1 Å². The SMILES string of the molecule is CC(N)(CO)C(O)N(CCO)CCO. The number of rotatable bonds is 7. The Balaban J connectivity index is 4.33. The number of aliphatic hydroxyl groups excluding tert-OH is 4. The second kappa shape index (κ2) is 6.28. The fraction of sp³-hybridized carbons (Fsp3) is 1.00. The lowest BCUT2D eigenvalue weighted by molar-refractivity contribution is -0.0729. The molecule has 0 aromatic rings. The largest absolute Gasteiger partial charge is 0.395 e. The summed E-state index contributed by atoms with van der Waals surface area (Å²) in [6.07, 6.45) is -1.09. The highest BCUT2D eigenvalue weighted by Gasteiger charge is 2.32. The van der Waals surface area contributed by atoms with E-state index in [0.717, 1.165) is 0 Å². The van der Waals surface area contributed by atoms with Gasteiger partial charge in [0.2, 0.25) is 0 Å². The Labute approximate surface area is 83.6 Å². The molecule has 0 saturated heterocycles. The lowest BCUT2D eigenvalue weighted by atomic mass is 10.0. The second-order valence-electron chi connectivity index (χ2n) is 3.52. The van der Waals surface area contributed by atoms with Gasteiger partial charge in [-0.1, -0.05) is 0 Å². The lowest BCUT2D eigenvalue weighted by Crippen LogP contribution is -2.59. The first-order chi connectivity index (χ1) is 6.49. The third-order valence-electron chi connectivity index (χ3n) is 2.05. The lowest BCUT2D eigenvalue weighted by Gasteiger charge is -2.36. The van der Waals surface area contributed by atoms with Crippen molar-refractivity contribution in [2.75, 3.05) is 32.9 Å². The van der Waals surface area contributed by atoms with Crippen LogP contribution in [0.25, 0.3) is 0 Å². The van der Waals surface area contributed by atoms with Crippen LogP contribution in [0, 0.1) is 0 Å². The van der Waals surface area contributed by atoms with Crippen LogP contribution in [0.1, 0.15) is 6.92 Å². The molecule has 0 saturated carbocycles. The summed E-state index contributed by atoms with van der Waals surface area (Å²) in [7, 11) is 0. The summed E-state index contributed by atoms with van der Waals surface area (Å²) < 4.78 is 0. The first-order valence-electron chi connectivity index (χ1n) is 4.53. The van der Waals surface area contributed by atoms with Crippen molar-refractivity contribution in [3.05, 3.63) is 0 Å². The highest BCUT2D eigenvalue weighted by molar-refractivity contribution is 4.86. The molecule has 6 N–H and O–H groups in total. The van der Waals surface area contributed by atoms with Gasteiger partial charge in [-0.3, -0.25) is 4.90 Å². The summed E-state index contributed by atoms with van der Waals surface area (Å²) in [6.45, 7) is 1.25. The Hall–Kier alpha value is -0.240. The van der Waals surface area contributed by atoms with Crippen molar-refractivity contribution in [3.63, 3.8) is 0 Å². The molecule has 0 aromatic heterocycles. The maximum atomic E-state index is 9.72. The molecule has 86 valence electrons. The molecule has 6 heteroatoms. The molecule has 2 atom stereocenters. The van der Waals surface area contributed by atoms with E-state index in [1.807, 2.05) is 0 Å². The van der Waals surface area contributed by atoms with Gasteiger partial charge in [-0.15, -0.1) is 0 Å². The van der Waals surface area contributed by atoms with Gasteiger partial charge in [0.15, 0.2) is 0 Å². The van der Waals surface area contributed by atoms with Crippen molar-refractivity contribution in [1.82, 2.24) is 4.90 Å². The highest BCUT2D eigenvalue weighted by atomic mass is 16.3. The van der Waals surface area contributed by atoms with Crippen molar-refractivity contribution in [2.24, 2.45) is 5.73 Å². The van der Waals surface area contributed by atoms with Crippen LogP contribution in [0.2, 0.25) is 0 Å². The van der Waals surface area contributed by atoms with Crippen LogP contribution in [-0.4, -0.2) is 70.0 Å². The van der Waals surface area contributed by atoms with E-state index in [1.54, 1.807) is 0 Å². The van der Waals surface area contributed by atoms with Gasteiger partial charge in [0.25, 0.3) is 0 Å². The van der Waals surface area contributed by atoms with E-state index in [2.05, 4.69) is 0 Å². The van der Waals surface area contributed by atoms with Gasteiger partial charge in [-0.2, -0.15) is 0 Å². The zero-order valence-corrected chi connectivity index (χ0v) is 8.43. The van der Waals surface area contributed by atoms with Crippen LogP contribution >= 0.6 is 0 Å². The molecule has 0 aliphatic heterocycles. The first kappa shape index (κ1) is 13.8. The maximum Gasteiger partial charge on any atom is 0.127 e. The molecule has 0 fully saturated rings. The fourth-order valence-corrected chi connectivity index (χ4v) is 1.11. The summed E-state index contributed by atoms with van der Waals surface area (Å²) >= 11 is 0. The standard InChI is InChI=1S/C8H20N2O4/c1-8(9,6-13)7(14)10(2-4-11)3-5-12/h7,11-14H,2-6,9H2,1H3. The maximum absolute atomic E-state index is 9.72. The minimum Gasteiger partial charge on any atom is -0.395 e. The smallest absolute Gasteiger partial charge is 0.127 e. The van der Waals surface area contributed by atoms with Crippen molar-refractivity contribution in [1.29, 1.82) is 0 Å². The molecule has 0 amide bonds. The Bertz CT molecular complexity index is 148. The molecule has 0 spiro atoms. The van der Waals surface area contributed by atoms with Crippen LogP contribution < -0.4 is 5.73 Å². The van der Waals surface area contributed by atoms with Gasteiger partial charge in [0, 0.05) is 13.1 Å². The van der Waals surface area contributed by atoms with Gasteiger partial charge in [0.05, 0.1) is 25.4 Å². The normalized spacial score (nSPS) is 18.2. The monoisotopic (exact) mass is 208 g/mol. The zero-order valence-electron chi connectivity index (χ0n) is 8.43. The number of hydrogen-bond acceptors (Lipinski definition) is 6. The van der Waals surface area contributed by atoms with Crippen LogP contribution in [0.3, 0.4) is 0 Å². The topological polar surface area (TPSA) is 110 Å². The average molecular weight is 208 g/mol. The van der Waals surface area contributed by atoms with E-state index in [9.17, 15) is 5.11 Å². The van der Waals surface area contributed by atoms with E-state index < -0.39 is 11.8 Å². The molecule has 0 aromatic carbocycles. The molecule has 0 aliphatic rings. The van der Waals surface area contributed by atoms with Crippen molar-refractivity contribution in [3.8, 4) is 0 Å². The molecule has 2 unspecified atom stereocenters. The summed E-state index contributed by atoms with van der Waals surface area (Å²) in [5, 5.41) is 36.1. The minimum atomic E-state index is -1.16. The summed E-state index contributed by atoms with van der Waals surface area (Å²) in [5.74, 6) is 0. The summed E-state index contributed by atoms with van der Waals surface area (Å²) in [6, 6.07) is 0. The molecular weight excluding hydrogens is 188 g/mol. The number of nitrogens with zero attached hydrogens (tertiary/aromatic N) is 1. The molecule has 14 heavy (non-hydrogen) atoms. The number of hydrogen-bond donors (Lipinski definition) is 5. The third-order valence-corrected chi connectivity index (χ3v) is 2.05. The van der Waals surface area contributed by atoms with Crippen LogP contribution in [0.5, 0.6) is 0 Å². The predicted octanol–water partition coefficient (Wildman–Crippen LogP) is -2.70. The van der Waals surface area contributed by atoms with Gasteiger partial charge >= 0.3 is 0 Å². The van der Waals surface area contributed by atoms with Crippen LogP contribution in [0.15, 0.2) is 0 Å². The molecular formula is C8H20N2O4. The first-order valence-corrected chi connectivity index (χ1v) is 4.53.